The van der Waals surface area contributed by atoms with Crippen molar-refractivity contribution in [3.63, 3.8) is 0 Å². The molecule has 0 bridgehead atoms. The van der Waals surface area contributed by atoms with Gasteiger partial charge in [0.1, 0.15) is 10.7 Å². The minimum Gasteiger partial charge on any atom is -0.494 e. The molecule has 29 heavy (non-hydrogen) atoms. The van der Waals surface area contributed by atoms with E-state index in [0.29, 0.717) is 0 Å². The summed E-state index contributed by atoms with van der Waals surface area (Å²) in [7, 11) is -1.70. The van der Waals surface area contributed by atoms with Crippen molar-refractivity contribution in [1.29, 1.82) is 0 Å². The number of benzene rings is 2. The van der Waals surface area contributed by atoms with E-state index in [-0.39, 0.29) is 27.0 Å². The number of nitrogens with one attached hydrogen (secondary N) is 1. The first-order valence-corrected chi connectivity index (χ1v) is 10.2. The Labute approximate surface area is 173 Å². The number of carbonyl (C=O) groups excluding carboxylic acids is 1. The summed E-state index contributed by atoms with van der Waals surface area (Å²) in [6.45, 7) is 0. The zero-order valence-corrected chi connectivity index (χ0v) is 17.1. The molecule has 0 saturated heterocycles. The van der Waals surface area contributed by atoms with E-state index in [0.717, 1.165) is 17.2 Å². The van der Waals surface area contributed by atoms with E-state index in [1.165, 1.54) is 26.5 Å². The number of anilines is 1. The highest BCUT2D eigenvalue weighted by molar-refractivity contribution is 7.92. The van der Waals surface area contributed by atoms with Crippen molar-refractivity contribution in [3.05, 3.63) is 71.4 Å². The molecule has 0 aliphatic heterocycles. The minimum absolute atomic E-state index is 0.0235. The number of ether oxygens (including phenoxy) is 2. The number of hydrogen-bond donors (Lipinski definition) is 1. The average molecular weight is 433 g/mol. The number of esters is 1. The van der Waals surface area contributed by atoms with Crippen LogP contribution in [0.15, 0.2) is 65.7 Å². The normalized spacial score (nSPS) is 11.0. The van der Waals surface area contributed by atoms with E-state index in [4.69, 9.17) is 16.3 Å². The third-order valence-electron chi connectivity index (χ3n) is 4.03. The van der Waals surface area contributed by atoms with Crippen LogP contribution in [0.4, 0.5) is 5.82 Å². The Kier molecular flexibility index (Phi) is 6.05. The molecule has 0 saturated carbocycles. The van der Waals surface area contributed by atoms with Crippen molar-refractivity contribution in [1.82, 2.24) is 4.98 Å². The van der Waals surface area contributed by atoms with Gasteiger partial charge in [0.2, 0.25) is 0 Å². The van der Waals surface area contributed by atoms with Crippen LogP contribution in [-0.4, -0.2) is 33.6 Å². The number of pyridine rings is 1. The fourth-order valence-corrected chi connectivity index (χ4v) is 4.26. The second-order valence-corrected chi connectivity index (χ2v) is 7.94. The molecular formula is C20H17ClN2O5S. The molecule has 0 aliphatic carbocycles. The lowest BCUT2D eigenvalue weighted by molar-refractivity contribution is 0.0600. The number of rotatable bonds is 6. The largest absolute Gasteiger partial charge is 0.494 e. The molecule has 0 fully saturated rings. The van der Waals surface area contributed by atoms with Crippen molar-refractivity contribution >= 4 is 33.4 Å². The van der Waals surface area contributed by atoms with Gasteiger partial charge in [0.05, 0.1) is 24.8 Å². The van der Waals surface area contributed by atoms with Crippen molar-refractivity contribution in [2.75, 3.05) is 18.9 Å². The first-order valence-electron chi connectivity index (χ1n) is 8.36. The van der Waals surface area contributed by atoms with Crippen molar-refractivity contribution in [3.8, 4) is 16.9 Å². The maximum absolute atomic E-state index is 13.0. The zero-order chi connectivity index (χ0) is 21.0. The summed E-state index contributed by atoms with van der Waals surface area (Å²) < 4.78 is 38.2. The average Bonchev–Trinajstić information content (AvgIpc) is 2.73. The monoisotopic (exact) mass is 432 g/mol. The number of hydrogen-bond acceptors (Lipinski definition) is 6. The van der Waals surface area contributed by atoms with Gasteiger partial charge < -0.3 is 9.47 Å². The minimum atomic E-state index is -4.17. The molecule has 1 heterocycles. The number of halogens is 1. The Morgan fingerprint density at radius 1 is 1.03 bits per heavy atom. The Hall–Kier alpha value is -3.10. The Morgan fingerprint density at radius 3 is 2.41 bits per heavy atom. The molecule has 2 aromatic carbocycles. The maximum atomic E-state index is 13.0. The topological polar surface area (TPSA) is 94.6 Å². The predicted molar refractivity (Wildman–Crippen MR) is 110 cm³/mol. The highest BCUT2D eigenvalue weighted by atomic mass is 35.5. The SMILES string of the molecule is COC(=O)c1cc(Cl)c(OC)c(S(=O)(=O)Nc2cc(-c3ccccc3)ccn2)c1. The van der Waals surface area contributed by atoms with Crippen LogP contribution < -0.4 is 9.46 Å². The lowest BCUT2D eigenvalue weighted by Gasteiger charge is -2.14. The van der Waals surface area contributed by atoms with Gasteiger partial charge in [0, 0.05) is 6.20 Å². The summed E-state index contributed by atoms with van der Waals surface area (Å²) in [4.78, 5) is 15.6. The highest BCUT2D eigenvalue weighted by Crippen LogP contribution is 2.34. The van der Waals surface area contributed by atoms with Crippen molar-refractivity contribution in [2.24, 2.45) is 0 Å². The number of methoxy groups -OCH3 is 2. The van der Waals surface area contributed by atoms with Gasteiger partial charge in [-0.05, 0) is 35.4 Å². The summed E-state index contributed by atoms with van der Waals surface area (Å²) in [5, 5.41) is -0.0400. The number of carbonyl (C=O) groups is 1. The van der Waals surface area contributed by atoms with Gasteiger partial charge in [-0.3, -0.25) is 4.72 Å². The Morgan fingerprint density at radius 2 is 1.76 bits per heavy atom. The summed E-state index contributed by atoms with van der Waals surface area (Å²) in [5.74, 6) is -0.714. The Bertz CT molecular complexity index is 1150. The third kappa shape index (κ3) is 4.49. The second kappa shape index (κ2) is 8.50. The molecule has 1 aromatic heterocycles. The summed E-state index contributed by atoms with van der Waals surface area (Å²) in [6.07, 6.45) is 1.50. The van der Waals surface area contributed by atoms with E-state index in [1.807, 2.05) is 30.3 Å². The van der Waals surface area contributed by atoms with E-state index in [9.17, 15) is 13.2 Å². The molecule has 0 radical (unpaired) electrons. The van der Waals surface area contributed by atoms with Gasteiger partial charge in [-0.2, -0.15) is 0 Å². The second-order valence-electron chi connectivity index (χ2n) is 5.88. The van der Waals surface area contributed by atoms with E-state index in [1.54, 1.807) is 12.1 Å². The molecule has 0 atom stereocenters. The highest BCUT2D eigenvalue weighted by Gasteiger charge is 2.25. The molecule has 9 heteroatoms. The van der Waals surface area contributed by atoms with Crippen molar-refractivity contribution < 1.29 is 22.7 Å². The van der Waals surface area contributed by atoms with Crippen LogP contribution in [0.5, 0.6) is 5.75 Å². The zero-order valence-electron chi connectivity index (χ0n) is 15.5. The van der Waals surface area contributed by atoms with Crippen molar-refractivity contribution in [2.45, 2.75) is 4.90 Å². The van der Waals surface area contributed by atoms with Gasteiger partial charge in [-0.25, -0.2) is 18.2 Å². The predicted octanol–water partition coefficient (Wildman–Crippen LogP) is 4.00. The van der Waals surface area contributed by atoms with Gasteiger partial charge in [-0.15, -0.1) is 0 Å². The molecule has 150 valence electrons. The van der Waals surface area contributed by atoms with Gasteiger partial charge in [-0.1, -0.05) is 41.9 Å². The molecule has 0 unspecified atom stereocenters. The molecule has 1 N–H and O–H groups in total. The smallest absolute Gasteiger partial charge is 0.337 e. The lowest BCUT2D eigenvalue weighted by atomic mass is 10.1. The molecule has 3 rings (SSSR count). The Balaban J connectivity index is 2.02. The van der Waals surface area contributed by atoms with Crippen LogP contribution in [0.1, 0.15) is 10.4 Å². The van der Waals surface area contributed by atoms with Crippen LogP contribution in [0.3, 0.4) is 0 Å². The molecule has 0 aliphatic rings. The quantitative estimate of drug-likeness (QED) is 0.591. The first kappa shape index (κ1) is 20.6. The van der Waals surface area contributed by atoms with Crippen LogP contribution in [0.2, 0.25) is 5.02 Å². The summed E-state index contributed by atoms with van der Waals surface area (Å²) in [5.41, 5.74) is 1.67. The van der Waals surface area contributed by atoms with E-state index in [2.05, 4.69) is 14.4 Å². The van der Waals surface area contributed by atoms with Crippen LogP contribution in [-0.2, 0) is 14.8 Å². The standard InChI is InChI=1S/C20H17ClN2O5S/c1-27-19-16(21)10-15(20(24)28-2)11-17(19)29(25,26)23-18-12-14(8-9-22-18)13-6-4-3-5-7-13/h3-12H,1-2H3,(H,22,23). The number of sulfonamides is 1. The number of nitrogens with zero attached hydrogens (tertiary/aromatic N) is 1. The van der Waals surface area contributed by atoms with Gasteiger partial charge in [0.15, 0.2) is 5.75 Å². The summed E-state index contributed by atoms with van der Waals surface area (Å²) >= 11 is 6.11. The summed E-state index contributed by atoms with van der Waals surface area (Å²) in [6, 6.07) is 15.2. The van der Waals surface area contributed by atoms with E-state index < -0.39 is 16.0 Å². The fraction of sp³-hybridized carbons (Fsp3) is 0.100. The van der Waals surface area contributed by atoms with Crippen LogP contribution in [0.25, 0.3) is 11.1 Å². The molecule has 3 aromatic rings. The van der Waals surface area contributed by atoms with Crippen LogP contribution in [0, 0.1) is 0 Å². The van der Waals surface area contributed by atoms with E-state index >= 15 is 0 Å². The molecule has 0 spiro atoms. The fourth-order valence-electron chi connectivity index (χ4n) is 2.69. The maximum Gasteiger partial charge on any atom is 0.337 e. The van der Waals surface area contributed by atoms with Gasteiger partial charge in [0.25, 0.3) is 10.0 Å². The van der Waals surface area contributed by atoms with Gasteiger partial charge >= 0.3 is 5.97 Å². The lowest BCUT2D eigenvalue weighted by Crippen LogP contribution is -2.16. The molecule has 7 nitrogen and oxygen atoms in total. The number of aromatic nitrogens is 1. The van der Waals surface area contributed by atoms with Crippen LogP contribution >= 0.6 is 11.6 Å². The molecule has 0 amide bonds. The molecular weight excluding hydrogens is 416 g/mol. The first-order chi connectivity index (χ1) is 13.9. The third-order valence-corrected chi connectivity index (χ3v) is 5.67.